The van der Waals surface area contributed by atoms with Crippen molar-refractivity contribution in [1.29, 1.82) is 0 Å². The van der Waals surface area contributed by atoms with Crippen LogP contribution >= 0.6 is 0 Å². The smallest absolute Gasteiger partial charge is 0.226 e. The van der Waals surface area contributed by atoms with E-state index in [2.05, 4.69) is 5.10 Å². The van der Waals surface area contributed by atoms with Crippen molar-refractivity contribution in [3.8, 4) is 0 Å². The quantitative estimate of drug-likeness (QED) is 0.850. The standard InChI is InChI=1S/C16H23N3O2/c1-10-15(11(2)18(3)17-10)9-19(13-5-6-13)16(21)12-4-7-14(20)8-12/h12-13H,4-9H2,1-3H3. The molecule has 2 saturated carbocycles. The molecule has 1 atom stereocenters. The number of hydrogen-bond acceptors (Lipinski definition) is 3. The number of rotatable bonds is 4. The maximum atomic E-state index is 12.8. The van der Waals surface area contributed by atoms with E-state index in [-0.39, 0.29) is 17.6 Å². The summed E-state index contributed by atoms with van der Waals surface area (Å²) >= 11 is 0. The van der Waals surface area contributed by atoms with E-state index >= 15 is 0 Å². The molecule has 0 radical (unpaired) electrons. The first kappa shape index (κ1) is 14.3. The Morgan fingerprint density at radius 2 is 2.05 bits per heavy atom. The summed E-state index contributed by atoms with van der Waals surface area (Å²) in [5, 5.41) is 4.44. The predicted molar refractivity (Wildman–Crippen MR) is 78.6 cm³/mol. The van der Waals surface area contributed by atoms with Crippen LogP contribution in [0.3, 0.4) is 0 Å². The summed E-state index contributed by atoms with van der Waals surface area (Å²) in [7, 11) is 1.94. The second-order valence-corrected chi connectivity index (χ2v) is 6.45. The fraction of sp³-hybridized carbons (Fsp3) is 0.688. The molecule has 0 saturated heterocycles. The van der Waals surface area contributed by atoms with Gasteiger partial charge >= 0.3 is 0 Å². The number of nitrogens with zero attached hydrogens (tertiary/aromatic N) is 3. The summed E-state index contributed by atoms with van der Waals surface area (Å²) in [6.07, 6.45) is 3.91. The van der Waals surface area contributed by atoms with Crippen molar-refractivity contribution in [2.75, 3.05) is 0 Å². The summed E-state index contributed by atoms with van der Waals surface area (Å²) in [6, 6.07) is 0.368. The van der Waals surface area contributed by atoms with Gasteiger partial charge in [0.1, 0.15) is 5.78 Å². The van der Waals surface area contributed by atoms with Gasteiger partial charge in [-0.2, -0.15) is 5.10 Å². The van der Waals surface area contributed by atoms with Crippen LogP contribution in [0.5, 0.6) is 0 Å². The summed E-state index contributed by atoms with van der Waals surface area (Å²) in [6.45, 7) is 4.68. The molecule has 1 aromatic heterocycles. The number of hydrogen-bond donors (Lipinski definition) is 0. The van der Waals surface area contributed by atoms with Crippen LogP contribution in [0.25, 0.3) is 0 Å². The average Bonchev–Trinajstić information content (AvgIpc) is 3.14. The Labute approximate surface area is 125 Å². The van der Waals surface area contributed by atoms with E-state index in [9.17, 15) is 9.59 Å². The van der Waals surface area contributed by atoms with E-state index in [0.29, 0.717) is 25.4 Å². The molecule has 114 valence electrons. The van der Waals surface area contributed by atoms with Crippen molar-refractivity contribution in [1.82, 2.24) is 14.7 Å². The molecule has 2 fully saturated rings. The lowest BCUT2D eigenvalue weighted by molar-refractivity contribution is -0.137. The lowest BCUT2D eigenvalue weighted by Gasteiger charge is -2.25. The first-order valence-electron chi connectivity index (χ1n) is 7.78. The normalized spacial score (nSPS) is 21.9. The molecule has 1 aromatic rings. The SMILES string of the molecule is Cc1nn(C)c(C)c1CN(C(=O)C1CCC(=O)C1)C1CC1. The Kier molecular flexibility index (Phi) is 3.59. The molecule has 1 unspecified atom stereocenters. The van der Waals surface area contributed by atoms with Crippen LogP contribution < -0.4 is 0 Å². The molecule has 3 rings (SSSR count). The van der Waals surface area contributed by atoms with E-state index < -0.39 is 0 Å². The molecule has 0 aliphatic heterocycles. The van der Waals surface area contributed by atoms with Crippen LogP contribution in [-0.2, 0) is 23.2 Å². The number of aryl methyl sites for hydroxylation is 2. The van der Waals surface area contributed by atoms with Crippen molar-refractivity contribution in [3.63, 3.8) is 0 Å². The Balaban J connectivity index is 1.79. The highest BCUT2D eigenvalue weighted by Gasteiger charge is 2.38. The average molecular weight is 289 g/mol. The molecule has 21 heavy (non-hydrogen) atoms. The van der Waals surface area contributed by atoms with Crippen LogP contribution in [0.2, 0.25) is 0 Å². The van der Waals surface area contributed by atoms with Gasteiger partial charge in [0, 0.05) is 49.7 Å². The largest absolute Gasteiger partial charge is 0.335 e. The molecular weight excluding hydrogens is 266 g/mol. The van der Waals surface area contributed by atoms with Gasteiger partial charge in [-0.1, -0.05) is 0 Å². The highest BCUT2D eigenvalue weighted by molar-refractivity contribution is 5.90. The number of Topliss-reactive ketones (excluding diaryl/α,β-unsaturated/α-hetero) is 1. The fourth-order valence-corrected chi connectivity index (χ4v) is 3.25. The Morgan fingerprint density at radius 3 is 2.52 bits per heavy atom. The number of carbonyl (C=O) groups is 2. The fourth-order valence-electron chi connectivity index (χ4n) is 3.25. The van der Waals surface area contributed by atoms with Gasteiger partial charge in [-0.25, -0.2) is 0 Å². The van der Waals surface area contributed by atoms with Gasteiger partial charge in [-0.05, 0) is 33.1 Å². The van der Waals surface area contributed by atoms with Crippen molar-refractivity contribution >= 4 is 11.7 Å². The number of aromatic nitrogens is 2. The Bertz CT molecular complexity index is 587. The molecule has 0 aromatic carbocycles. The maximum Gasteiger partial charge on any atom is 0.226 e. The second kappa shape index (κ2) is 5.28. The maximum absolute atomic E-state index is 12.8. The molecular formula is C16H23N3O2. The minimum atomic E-state index is -0.0876. The zero-order chi connectivity index (χ0) is 15.1. The van der Waals surface area contributed by atoms with Gasteiger partial charge in [0.05, 0.1) is 5.69 Å². The lowest BCUT2D eigenvalue weighted by Crippen LogP contribution is -2.37. The molecule has 1 heterocycles. The minimum absolute atomic E-state index is 0.0876. The van der Waals surface area contributed by atoms with E-state index in [4.69, 9.17) is 0 Å². The molecule has 1 amide bonds. The third-order valence-electron chi connectivity index (χ3n) is 4.85. The summed E-state index contributed by atoms with van der Waals surface area (Å²) in [4.78, 5) is 26.2. The third-order valence-corrected chi connectivity index (χ3v) is 4.85. The van der Waals surface area contributed by atoms with Crippen LogP contribution in [0, 0.1) is 19.8 Å². The van der Waals surface area contributed by atoms with Crippen molar-refractivity contribution < 1.29 is 9.59 Å². The zero-order valence-corrected chi connectivity index (χ0v) is 13.1. The van der Waals surface area contributed by atoms with Crippen molar-refractivity contribution in [2.24, 2.45) is 13.0 Å². The van der Waals surface area contributed by atoms with Gasteiger partial charge in [-0.15, -0.1) is 0 Å². The summed E-state index contributed by atoms with van der Waals surface area (Å²) in [5.74, 6) is 0.319. The van der Waals surface area contributed by atoms with E-state index in [0.717, 1.165) is 36.2 Å². The monoisotopic (exact) mass is 289 g/mol. The molecule has 5 heteroatoms. The third kappa shape index (κ3) is 2.74. The van der Waals surface area contributed by atoms with Crippen LogP contribution in [0.4, 0.5) is 0 Å². The van der Waals surface area contributed by atoms with Crippen LogP contribution in [0.15, 0.2) is 0 Å². The van der Waals surface area contributed by atoms with Crippen LogP contribution in [-0.4, -0.2) is 32.4 Å². The minimum Gasteiger partial charge on any atom is -0.335 e. The molecule has 2 aliphatic rings. The van der Waals surface area contributed by atoms with Gasteiger partial charge in [-0.3, -0.25) is 14.3 Å². The van der Waals surface area contributed by atoms with Gasteiger partial charge in [0.2, 0.25) is 5.91 Å². The first-order valence-corrected chi connectivity index (χ1v) is 7.78. The number of carbonyl (C=O) groups excluding carboxylic acids is 2. The molecule has 5 nitrogen and oxygen atoms in total. The van der Waals surface area contributed by atoms with E-state index in [1.807, 2.05) is 30.5 Å². The zero-order valence-electron chi connectivity index (χ0n) is 13.1. The summed E-state index contributed by atoms with van der Waals surface area (Å²) in [5.41, 5.74) is 3.27. The van der Waals surface area contributed by atoms with Gasteiger partial charge in [0.15, 0.2) is 0 Å². The number of ketones is 1. The van der Waals surface area contributed by atoms with Gasteiger partial charge < -0.3 is 4.90 Å². The predicted octanol–water partition coefficient (Wildman–Crippen LogP) is 1.90. The molecule has 0 bridgehead atoms. The topological polar surface area (TPSA) is 55.2 Å². The molecule has 0 N–H and O–H groups in total. The summed E-state index contributed by atoms with van der Waals surface area (Å²) < 4.78 is 1.87. The number of amides is 1. The highest BCUT2D eigenvalue weighted by atomic mass is 16.2. The Morgan fingerprint density at radius 1 is 1.33 bits per heavy atom. The van der Waals surface area contributed by atoms with Gasteiger partial charge in [0.25, 0.3) is 0 Å². The molecule has 2 aliphatic carbocycles. The van der Waals surface area contributed by atoms with E-state index in [1.54, 1.807) is 0 Å². The van der Waals surface area contributed by atoms with E-state index in [1.165, 1.54) is 0 Å². The van der Waals surface area contributed by atoms with Crippen molar-refractivity contribution in [2.45, 2.75) is 58.5 Å². The Hall–Kier alpha value is -1.65. The highest BCUT2D eigenvalue weighted by Crippen LogP contribution is 2.33. The first-order chi connectivity index (χ1) is 9.97. The van der Waals surface area contributed by atoms with Crippen LogP contribution in [0.1, 0.15) is 49.1 Å². The lowest BCUT2D eigenvalue weighted by atomic mass is 10.1. The molecule has 0 spiro atoms. The van der Waals surface area contributed by atoms with Crippen molar-refractivity contribution in [3.05, 3.63) is 17.0 Å². The second-order valence-electron chi connectivity index (χ2n) is 6.45.